The predicted octanol–water partition coefficient (Wildman–Crippen LogP) is 2.69. The summed E-state index contributed by atoms with van der Waals surface area (Å²) in [5, 5.41) is 7.08. The highest BCUT2D eigenvalue weighted by Gasteiger charge is 2.29. The van der Waals surface area contributed by atoms with Gasteiger partial charge in [0.15, 0.2) is 11.5 Å². The average molecular weight is 341 g/mol. The highest BCUT2D eigenvalue weighted by molar-refractivity contribution is 5.83. The molecule has 1 amide bonds. The maximum absolute atomic E-state index is 13.0. The average Bonchev–Trinajstić information content (AvgIpc) is 3.21. The molecule has 2 aliphatic heterocycles. The maximum atomic E-state index is 13.0. The standard InChI is InChI=1S/C19H23N3O3/c1-13(14-4-5-17-18(11-14)25-10-9-24-17)19(23)22-8-2-3-15(12-22)16-6-7-20-21-16/h4-7,11,13,15H,2-3,8-10,12H2,1H3,(H,20,21)/t13-,15-/m1/s1. The third kappa shape index (κ3) is 3.21. The molecule has 1 saturated heterocycles. The summed E-state index contributed by atoms with van der Waals surface area (Å²) in [6.45, 7) is 4.65. The van der Waals surface area contributed by atoms with Crippen LogP contribution in [-0.4, -0.2) is 47.3 Å². The second-order valence-electron chi connectivity index (χ2n) is 6.76. The van der Waals surface area contributed by atoms with Gasteiger partial charge in [-0.3, -0.25) is 9.89 Å². The Morgan fingerprint density at radius 3 is 2.92 bits per heavy atom. The van der Waals surface area contributed by atoms with E-state index in [1.54, 1.807) is 6.20 Å². The zero-order valence-electron chi connectivity index (χ0n) is 14.4. The summed E-state index contributed by atoms with van der Waals surface area (Å²) < 4.78 is 11.2. The lowest BCUT2D eigenvalue weighted by atomic mass is 9.92. The molecule has 3 heterocycles. The Hall–Kier alpha value is -2.50. The minimum absolute atomic E-state index is 0.167. The number of aromatic amines is 1. The van der Waals surface area contributed by atoms with Crippen molar-refractivity contribution in [3.63, 3.8) is 0 Å². The first kappa shape index (κ1) is 16.0. The summed E-state index contributed by atoms with van der Waals surface area (Å²) in [5.41, 5.74) is 2.09. The van der Waals surface area contributed by atoms with E-state index in [0.717, 1.165) is 48.7 Å². The Kier molecular flexibility index (Phi) is 4.34. The largest absolute Gasteiger partial charge is 0.486 e. The minimum Gasteiger partial charge on any atom is -0.486 e. The topological polar surface area (TPSA) is 67.5 Å². The van der Waals surface area contributed by atoms with Crippen LogP contribution in [-0.2, 0) is 4.79 Å². The van der Waals surface area contributed by atoms with Crippen molar-refractivity contribution in [2.75, 3.05) is 26.3 Å². The predicted molar refractivity (Wildman–Crippen MR) is 93.0 cm³/mol. The SMILES string of the molecule is C[C@@H](C(=O)N1CCC[C@@H](c2ccn[nH]2)C1)c1ccc2c(c1)OCCO2. The number of carbonyl (C=O) groups excluding carboxylic acids is 1. The summed E-state index contributed by atoms with van der Waals surface area (Å²) in [7, 11) is 0. The van der Waals surface area contributed by atoms with E-state index < -0.39 is 0 Å². The zero-order valence-corrected chi connectivity index (χ0v) is 14.4. The number of hydrogen-bond acceptors (Lipinski definition) is 4. The maximum Gasteiger partial charge on any atom is 0.229 e. The Morgan fingerprint density at radius 2 is 2.12 bits per heavy atom. The summed E-state index contributed by atoms with van der Waals surface area (Å²) in [6, 6.07) is 7.81. The molecule has 6 nitrogen and oxygen atoms in total. The number of piperidine rings is 1. The highest BCUT2D eigenvalue weighted by atomic mass is 16.6. The molecule has 0 aliphatic carbocycles. The van der Waals surface area contributed by atoms with E-state index in [2.05, 4.69) is 10.2 Å². The number of amides is 1. The number of nitrogens with zero attached hydrogens (tertiary/aromatic N) is 2. The van der Waals surface area contributed by atoms with Crippen LogP contribution < -0.4 is 9.47 Å². The Balaban J connectivity index is 1.48. The molecule has 1 fully saturated rings. The Labute approximate surface area is 147 Å². The van der Waals surface area contributed by atoms with Crippen molar-refractivity contribution in [1.29, 1.82) is 0 Å². The van der Waals surface area contributed by atoms with E-state index in [4.69, 9.17) is 9.47 Å². The molecule has 25 heavy (non-hydrogen) atoms. The lowest BCUT2D eigenvalue weighted by molar-refractivity contribution is -0.133. The molecule has 4 rings (SSSR count). The molecule has 2 atom stereocenters. The number of fused-ring (bicyclic) bond motifs is 1. The first-order chi connectivity index (χ1) is 12.2. The van der Waals surface area contributed by atoms with E-state index in [1.807, 2.05) is 36.1 Å². The van der Waals surface area contributed by atoms with Crippen LogP contribution >= 0.6 is 0 Å². The lowest BCUT2D eigenvalue weighted by Crippen LogP contribution is -2.41. The van der Waals surface area contributed by atoms with E-state index in [0.29, 0.717) is 19.1 Å². The second kappa shape index (κ2) is 6.78. The number of ether oxygens (including phenoxy) is 2. The molecule has 2 aliphatic rings. The van der Waals surface area contributed by atoms with Gasteiger partial charge in [0.1, 0.15) is 13.2 Å². The molecule has 1 aromatic carbocycles. The summed E-state index contributed by atoms with van der Waals surface area (Å²) in [6.07, 6.45) is 3.88. The van der Waals surface area contributed by atoms with E-state index in [-0.39, 0.29) is 11.8 Å². The van der Waals surface area contributed by atoms with Gasteiger partial charge in [0.05, 0.1) is 5.92 Å². The van der Waals surface area contributed by atoms with E-state index in [9.17, 15) is 4.79 Å². The van der Waals surface area contributed by atoms with Gasteiger partial charge in [0.25, 0.3) is 0 Å². The van der Waals surface area contributed by atoms with Gasteiger partial charge in [-0.2, -0.15) is 5.10 Å². The van der Waals surface area contributed by atoms with Gasteiger partial charge in [-0.05, 0) is 43.5 Å². The molecular weight excluding hydrogens is 318 g/mol. The van der Waals surface area contributed by atoms with E-state index in [1.165, 1.54) is 0 Å². The smallest absolute Gasteiger partial charge is 0.229 e. The van der Waals surface area contributed by atoms with Crippen LogP contribution in [0.1, 0.15) is 42.9 Å². The molecule has 0 spiro atoms. The van der Waals surface area contributed by atoms with E-state index >= 15 is 0 Å². The Morgan fingerprint density at radius 1 is 1.28 bits per heavy atom. The number of nitrogens with one attached hydrogen (secondary N) is 1. The quantitative estimate of drug-likeness (QED) is 0.932. The van der Waals surface area contributed by atoms with Crippen LogP contribution in [0.5, 0.6) is 11.5 Å². The fourth-order valence-corrected chi connectivity index (χ4v) is 3.67. The molecule has 1 aromatic heterocycles. The van der Waals surface area contributed by atoms with Crippen LogP contribution in [0.2, 0.25) is 0 Å². The molecule has 0 bridgehead atoms. The van der Waals surface area contributed by atoms with Crippen molar-refractivity contribution in [2.24, 2.45) is 0 Å². The molecule has 0 radical (unpaired) electrons. The lowest BCUT2D eigenvalue weighted by Gasteiger charge is -2.34. The van der Waals surface area contributed by atoms with Gasteiger partial charge in [0, 0.05) is 30.9 Å². The van der Waals surface area contributed by atoms with Crippen LogP contribution in [0.3, 0.4) is 0 Å². The number of benzene rings is 1. The van der Waals surface area contributed by atoms with Gasteiger partial charge < -0.3 is 14.4 Å². The van der Waals surface area contributed by atoms with Crippen molar-refractivity contribution in [3.8, 4) is 11.5 Å². The molecular formula is C19H23N3O3. The van der Waals surface area contributed by atoms with Crippen LogP contribution in [0.25, 0.3) is 0 Å². The number of H-pyrrole nitrogens is 1. The number of hydrogen-bond donors (Lipinski definition) is 1. The number of rotatable bonds is 3. The van der Waals surface area contributed by atoms with Gasteiger partial charge >= 0.3 is 0 Å². The number of aromatic nitrogens is 2. The molecule has 132 valence electrons. The summed E-state index contributed by atoms with van der Waals surface area (Å²) >= 11 is 0. The fourth-order valence-electron chi connectivity index (χ4n) is 3.67. The minimum atomic E-state index is -0.198. The van der Waals surface area contributed by atoms with Crippen LogP contribution in [0.4, 0.5) is 0 Å². The van der Waals surface area contributed by atoms with Crippen LogP contribution in [0, 0.1) is 0 Å². The number of carbonyl (C=O) groups is 1. The summed E-state index contributed by atoms with van der Waals surface area (Å²) in [5.74, 6) is 1.80. The van der Waals surface area contributed by atoms with Gasteiger partial charge in [0.2, 0.25) is 5.91 Å². The monoisotopic (exact) mass is 341 g/mol. The third-order valence-electron chi connectivity index (χ3n) is 5.13. The normalized spacial score (nSPS) is 21.0. The third-order valence-corrected chi connectivity index (χ3v) is 5.13. The van der Waals surface area contributed by atoms with Crippen molar-refractivity contribution >= 4 is 5.91 Å². The Bertz CT molecular complexity index is 744. The summed E-state index contributed by atoms with van der Waals surface area (Å²) in [4.78, 5) is 15.0. The number of likely N-dealkylation sites (tertiary alicyclic amines) is 1. The molecule has 6 heteroatoms. The van der Waals surface area contributed by atoms with Crippen molar-refractivity contribution in [1.82, 2.24) is 15.1 Å². The second-order valence-corrected chi connectivity index (χ2v) is 6.76. The van der Waals surface area contributed by atoms with Gasteiger partial charge in [-0.1, -0.05) is 6.07 Å². The van der Waals surface area contributed by atoms with Crippen molar-refractivity contribution < 1.29 is 14.3 Å². The highest BCUT2D eigenvalue weighted by Crippen LogP contribution is 2.34. The molecule has 0 saturated carbocycles. The van der Waals surface area contributed by atoms with Crippen molar-refractivity contribution in [2.45, 2.75) is 31.6 Å². The molecule has 1 N–H and O–H groups in total. The van der Waals surface area contributed by atoms with Crippen molar-refractivity contribution in [3.05, 3.63) is 41.7 Å². The first-order valence-corrected chi connectivity index (χ1v) is 8.90. The fraction of sp³-hybridized carbons (Fsp3) is 0.474. The van der Waals surface area contributed by atoms with Gasteiger partial charge in [-0.25, -0.2) is 0 Å². The van der Waals surface area contributed by atoms with Crippen LogP contribution in [0.15, 0.2) is 30.5 Å². The first-order valence-electron chi connectivity index (χ1n) is 8.90. The molecule has 2 aromatic rings. The zero-order chi connectivity index (χ0) is 17.2. The molecule has 0 unspecified atom stereocenters. The van der Waals surface area contributed by atoms with Gasteiger partial charge in [-0.15, -0.1) is 0 Å².